The minimum atomic E-state index is -10.1. The highest BCUT2D eigenvalue weighted by molar-refractivity contribution is 8.45. The van der Waals surface area contributed by atoms with Crippen LogP contribution in [0.1, 0.15) is 44.1 Å². The Hall–Kier alpha value is -3.58. The van der Waals surface area contributed by atoms with Gasteiger partial charge in [-0.05, 0) is 43.2 Å². The van der Waals surface area contributed by atoms with Gasteiger partial charge in [0.25, 0.3) is 11.8 Å². The van der Waals surface area contributed by atoms with Crippen LogP contribution >= 0.6 is 10.2 Å². The summed E-state index contributed by atoms with van der Waals surface area (Å²) in [7, 11) is -8.71. The normalized spacial score (nSPS) is 27.5. The number of anilines is 1. The van der Waals surface area contributed by atoms with Crippen molar-refractivity contribution in [3.63, 3.8) is 0 Å². The molecule has 8 nitrogen and oxygen atoms in total. The molecule has 2 amide bonds. The van der Waals surface area contributed by atoms with Gasteiger partial charge in [0.1, 0.15) is 10.9 Å². The Morgan fingerprint density at radius 1 is 1.09 bits per heavy atom. The third-order valence-corrected chi connectivity index (χ3v) is 9.91. The largest absolute Gasteiger partial charge is 0.379 e. The zero-order valence-corrected chi connectivity index (χ0v) is 24.3. The molecule has 2 aromatic rings. The summed E-state index contributed by atoms with van der Waals surface area (Å²) in [5.41, 5.74) is -2.05. The SMILES string of the molecule is CO[C@@H]1C[C@H](C(=O)N(c2ccc(S(F)(F)(F)(F)F)cc2)C2(c3cccnc3)CCN(C3CCC(F)(F)CC3)C2=O)N(C#N)C1. The maximum absolute atomic E-state index is 14.5. The summed E-state index contributed by atoms with van der Waals surface area (Å²) in [6.45, 7) is 0.0429. The van der Waals surface area contributed by atoms with E-state index in [0.29, 0.717) is 12.1 Å². The molecule has 1 aliphatic carbocycles. The number of carbonyl (C=O) groups is 2. The van der Waals surface area contributed by atoms with Gasteiger partial charge in [0.05, 0.1) is 12.6 Å². The molecule has 16 heteroatoms. The molecule has 1 aromatic heterocycles. The van der Waals surface area contributed by atoms with E-state index < -0.39 is 69.4 Å². The Morgan fingerprint density at radius 3 is 2.30 bits per heavy atom. The van der Waals surface area contributed by atoms with Crippen molar-refractivity contribution in [2.24, 2.45) is 0 Å². The van der Waals surface area contributed by atoms with Gasteiger partial charge in [-0.15, -0.1) is 0 Å². The zero-order valence-electron chi connectivity index (χ0n) is 23.5. The second-order valence-electron chi connectivity index (χ2n) is 11.4. The smallest absolute Gasteiger partial charge is 0.310 e. The summed E-state index contributed by atoms with van der Waals surface area (Å²) in [5.74, 6) is -4.40. The number of rotatable bonds is 7. The van der Waals surface area contributed by atoms with E-state index in [2.05, 4.69) is 4.98 Å². The number of halogens is 7. The standard InChI is InChI=1S/C28H30F7N5O3S/c1-43-22-15-24(38(17-22)18-36)25(41)40(21-4-6-23(7-5-21)44(31,32,33,34)35)28(19-3-2-13-37-16-19)12-14-39(26(28)42)20-8-10-27(29,30)11-9-20/h2-7,13,16,20,22,24H,8-12,14-15,17H2,1H3/t22-,24-,28?/m1/s1. The predicted molar refractivity (Wildman–Crippen MR) is 146 cm³/mol. The van der Waals surface area contributed by atoms with Gasteiger partial charge in [-0.3, -0.25) is 24.4 Å². The number of pyridine rings is 1. The van der Waals surface area contributed by atoms with Gasteiger partial charge in [-0.2, -0.15) is 5.26 Å². The lowest BCUT2D eigenvalue weighted by Crippen LogP contribution is -2.59. The van der Waals surface area contributed by atoms with Gasteiger partial charge in [-0.1, -0.05) is 25.5 Å². The van der Waals surface area contributed by atoms with Crippen molar-refractivity contribution in [1.82, 2.24) is 14.8 Å². The van der Waals surface area contributed by atoms with E-state index in [-0.39, 0.29) is 62.2 Å². The molecule has 1 aromatic carbocycles. The molecule has 0 radical (unpaired) electrons. The van der Waals surface area contributed by atoms with Crippen LogP contribution in [0.5, 0.6) is 0 Å². The third-order valence-electron chi connectivity index (χ3n) is 8.75. The number of benzene rings is 1. The van der Waals surface area contributed by atoms with Crippen LogP contribution in [0.2, 0.25) is 0 Å². The number of hydrogen-bond donors (Lipinski definition) is 0. The monoisotopic (exact) mass is 649 g/mol. The van der Waals surface area contributed by atoms with Crippen LogP contribution < -0.4 is 4.90 Å². The maximum Gasteiger partial charge on any atom is 0.310 e. The average molecular weight is 650 g/mol. The highest BCUT2D eigenvalue weighted by Gasteiger charge is 2.65. The predicted octanol–water partition coefficient (Wildman–Crippen LogP) is 6.35. The molecule has 3 fully saturated rings. The number of carbonyl (C=O) groups excluding carboxylic acids is 2. The van der Waals surface area contributed by atoms with Gasteiger partial charge in [0, 0.05) is 69.0 Å². The third kappa shape index (κ3) is 5.79. The second-order valence-corrected chi connectivity index (χ2v) is 13.8. The van der Waals surface area contributed by atoms with Crippen LogP contribution in [0.3, 0.4) is 0 Å². The first-order chi connectivity index (χ1) is 20.4. The summed E-state index contributed by atoms with van der Waals surface area (Å²) in [6, 6.07) is 2.90. The van der Waals surface area contributed by atoms with Crippen LogP contribution in [0.25, 0.3) is 0 Å². The highest BCUT2D eigenvalue weighted by Crippen LogP contribution is 3.02. The average Bonchev–Trinajstić information content (AvgIpc) is 3.54. The number of alkyl halides is 2. The molecule has 2 aliphatic heterocycles. The van der Waals surface area contributed by atoms with Crippen molar-refractivity contribution in [2.45, 2.75) is 73.1 Å². The number of nitrogens with zero attached hydrogens (tertiary/aromatic N) is 5. The number of amides is 2. The Labute approximate surface area is 249 Å². The van der Waals surface area contributed by atoms with E-state index in [1.54, 1.807) is 0 Å². The Morgan fingerprint density at radius 2 is 1.75 bits per heavy atom. The zero-order chi connectivity index (χ0) is 32.2. The van der Waals surface area contributed by atoms with E-state index in [0.717, 1.165) is 9.80 Å². The van der Waals surface area contributed by atoms with E-state index in [9.17, 15) is 43.1 Å². The van der Waals surface area contributed by atoms with Crippen LogP contribution in [0.4, 0.5) is 33.9 Å². The Bertz CT molecular complexity index is 1460. The lowest BCUT2D eigenvalue weighted by atomic mass is 9.85. The molecule has 0 spiro atoms. The number of nitriles is 1. The first kappa shape index (κ1) is 31.8. The summed E-state index contributed by atoms with van der Waals surface area (Å²) in [5, 5.41) is 9.79. The summed E-state index contributed by atoms with van der Waals surface area (Å²) in [6.07, 6.45) is 3.06. The van der Waals surface area contributed by atoms with Gasteiger partial charge >= 0.3 is 10.2 Å². The number of hydrogen-bond acceptors (Lipinski definition) is 6. The van der Waals surface area contributed by atoms with Crippen LogP contribution in [-0.2, 0) is 19.9 Å². The maximum atomic E-state index is 14.5. The lowest BCUT2D eigenvalue weighted by molar-refractivity contribution is -0.139. The summed E-state index contributed by atoms with van der Waals surface area (Å²) in [4.78, 5) is 34.4. The molecule has 0 N–H and O–H groups in total. The minimum absolute atomic E-state index is 0.00166. The van der Waals surface area contributed by atoms with Crippen molar-refractivity contribution in [1.29, 1.82) is 5.26 Å². The molecular formula is C28H30F7N5O3S. The fourth-order valence-corrected chi connectivity index (χ4v) is 7.13. The molecule has 3 heterocycles. The molecule has 5 rings (SSSR count). The molecule has 240 valence electrons. The van der Waals surface area contributed by atoms with Crippen molar-refractivity contribution in [3.05, 3.63) is 54.4 Å². The molecule has 44 heavy (non-hydrogen) atoms. The van der Waals surface area contributed by atoms with Gasteiger partial charge in [0.15, 0.2) is 11.7 Å². The molecule has 1 unspecified atom stereocenters. The molecule has 2 saturated heterocycles. The Balaban J connectivity index is 1.66. The van der Waals surface area contributed by atoms with Crippen molar-refractivity contribution in [2.75, 3.05) is 25.1 Å². The van der Waals surface area contributed by atoms with Crippen LogP contribution in [-0.4, -0.2) is 70.9 Å². The number of methoxy groups -OCH3 is 1. The molecule has 3 aliphatic rings. The quantitative estimate of drug-likeness (QED) is 0.257. The number of ether oxygens (including phenoxy) is 1. The fraction of sp³-hybridized carbons (Fsp3) is 0.500. The summed E-state index contributed by atoms with van der Waals surface area (Å²) < 4.78 is 101. The van der Waals surface area contributed by atoms with Crippen molar-refractivity contribution >= 4 is 27.7 Å². The number of likely N-dealkylation sites (tertiary alicyclic amines) is 2. The van der Waals surface area contributed by atoms with E-state index >= 15 is 0 Å². The van der Waals surface area contributed by atoms with Crippen LogP contribution in [0, 0.1) is 11.5 Å². The molecule has 3 atom stereocenters. The first-order valence-corrected chi connectivity index (χ1v) is 15.8. The lowest BCUT2D eigenvalue weighted by Gasteiger charge is -2.43. The Kier molecular flexibility index (Phi) is 7.40. The molecule has 0 bridgehead atoms. The van der Waals surface area contributed by atoms with Crippen LogP contribution in [0.15, 0.2) is 53.7 Å². The minimum Gasteiger partial charge on any atom is -0.379 e. The fourth-order valence-electron chi connectivity index (χ4n) is 6.48. The van der Waals surface area contributed by atoms with Gasteiger partial charge in [-0.25, -0.2) is 8.78 Å². The highest BCUT2D eigenvalue weighted by atomic mass is 32.5. The van der Waals surface area contributed by atoms with Crippen molar-refractivity contribution in [3.8, 4) is 6.19 Å². The first-order valence-electron chi connectivity index (χ1n) is 13.9. The molecular weight excluding hydrogens is 619 g/mol. The topological polar surface area (TPSA) is 89.8 Å². The van der Waals surface area contributed by atoms with E-state index in [1.165, 1.54) is 36.5 Å². The molecule has 1 saturated carbocycles. The van der Waals surface area contributed by atoms with Gasteiger partial charge in [0.2, 0.25) is 5.92 Å². The summed E-state index contributed by atoms with van der Waals surface area (Å²) >= 11 is 0. The second kappa shape index (κ2) is 10.2. The van der Waals surface area contributed by atoms with E-state index in [1.807, 2.05) is 6.19 Å². The number of aromatic nitrogens is 1. The van der Waals surface area contributed by atoms with Crippen molar-refractivity contribution < 1.29 is 42.5 Å². The van der Waals surface area contributed by atoms with Gasteiger partial charge < -0.3 is 9.64 Å². The van der Waals surface area contributed by atoms with E-state index in [4.69, 9.17) is 4.74 Å².